The summed E-state index contributed by atoms with van der Waals surface area (Å²) in [5.74, 6) is 0.467. The Bertz CT molecular complexity index is 402. The van der Waals surface area contributed by atoms with Crippen molar-refractivity contribution >= 4 is 5.91 Å². The predicted octanol–water partition coefficient (Wildman–Crippen LogP) is 3.48. The molecule has 1 aromatic carbocycles. The van der Waals surface area contributed by atoms with Gasteiger partial charge in [-0.3, -0.25) is 4.79 Å². The lowest BCUT2D eigenvalue weighted by atomic mass is 10.0. The Kier molecular flexibility index (Phi) is 7.97. The van der Waals surface area contributed by atoms with Gasteiger partial charge in [0.05, 0.1) is 0 Å². The summed E-state index contributed by atoms with van der Waals surface area (Å²) in [5.41, 5.74) is 6.97. The number of carbonyl (C=O) groups is 1. The minimum absolute atomic E-state index is 0.351. The van der Waals surface area contributed by atoms with Crippen molar-refractivity contribution in [3.63, 3.8) is 0 Å². The predicted molar refractivity (Wildman–Crippen MR) is 84.6 cm³/mol. The normalized spacial score (nSPS) is 10.9. The summed E-state index contributed by atoms with van der Waals surface area (Å²) in [7, 11) is 0. The molecular weight excluding hydrogens is 248 g/mol. The van der Waals surface area contributed by atoms with Gasteiger partial charge < -0.3 is 11.1 Å². The minimum atomic E-state index is -0.351. The summed E-state index contributed by atoms with van der Waals surface area (Å²) in [6.45, 7) is 6.26. The second-order valence-corrected chi connectivity index (χ2v) is 5.79. The number of carbonyl (C=O) groups excluding carboxylic acids is 1. The van der Waals surface area contributed by atoms with E-state index in [1.165, 1.54) is 32.1 Å². The van der Waals surface area contributed by atoms with E-state index in [1.54, 1.807) is 6.07 Å². The van der Waals surface area contributed by atoms with E-state index in [4.69, 9.17) is 5.73 Å². The third-order valence-electron chi connectivity index (χ3n) is 3.48. The Morgan fingerprint density at radius 2 is 1.85 bits per heavy atom. The molecule has 20 heavy (non-hydrogen) atoms. The first-order valence-corrected chi connectivity index (χ1v) is 7.69. The van der Waals surface area contributed by atoms with Crippen LogP contribution in [-0.4, -0.2) is 12.5 Å². The highest BCUT2D eigenvalue weighted by Crippen LogP contribution is 2.10. The average Bonchev–Trinajstić information content (AvgIpc) is 2.41. The van der Waals surface area contributed by atoms with E-state index in [0.717, 1.165) is 18.0 Å². The molecule has 1 aromatic rings. The lowest BCUT2D eigenvalue weighted by Gasteiger charge is -2.08. The van der Waals surface area contributed by atoms with Crippen molar-refractivity contribution in [2.75, 3.05) is 6.54 Å². The van der Waals surface area contributed by atoms with Crippen molar-refractivity contribution in [2.45, 2.75) is 52.5 Å². The van der Waals surface area contributed by atoms with E-state index in [1.807, 2.05) is 18.2 Å². The maximum Gasteiger partial charge on any atom is 0.249 e. The van der Waals surface area contributed by atoms with Crippen molar-refractivity contribution in [3.8, 4) is 0 Å². The number of hydrogen-bond acceptors (Lipinski definition) is 2. The summed E-state index contributed by atoms with van der Waals surface area (Å²) in [6.07, 6.45) is 6.45. The van der Waals surface area contributed by atoms with Crippen LogP contribution >= 0.6 is 0 Å². The third kappa shape index (κ3) is 6.71. The molecule has 1 rings (SSSR count). The zero-order chi connectivity index (χ0) is 14.8. The molecule has 0 saturated heterocycles. The highest BCUT2D eigenvalue weighted by molar-refractivity contribution is 5.94. The fourth-order valence-corrected chi connectivity index (χ4v) is 2.29. The third-order valence-corrected chi connectivity index (χ3v) is 3.48. The number of primary amides is 1. The maximum absolute atomic E-state index is 11.3. The van der Waals surface area contributed by atoms with Crippen LogP contribution < -0.4 is 11.1 Å². The van der Waals surface area contributed by atoms with Gasteiger partial charge in [-0.05, 0) is 30.5 Å². The molecule has 0 aromatic heterocycles. The highest BCUT2D eigenvalue weighted by Gasteiger charge is 2.05. The first-order valence-electron chi connectivity index (χ1n) is 7.69. The number of unbranched alkanes of at least 4 members (excludes halogenated alkanes) is 3. The lowest BCUT2D eigenvalue weighted by Crippen LogP contribution is -2.19. The molecule has 0 spiro atoms. The van der Waals surface area contributed by atoms with Crippen LogP contribution in [0, 0.1) is 5.92 Å². The van der Waals surface area contributed by atoms with Crippen LogP contribution in [0.25, 0.3) is 0 Å². The zero-order valence-corrected chi connectivity index (χ0v) is 12.8. The van der Waals surface area contributed by atoms with E-state index < -0.39 is 0 Å². The molecule has 0 radical (unpaired) electrons. The summed E-state index contributed by atoms with van der Waals surface area (Å²) in [6, 6.07) is 7.52. The first-order chi connectivity index (χ1) is 9.61. The van der Waals surface area contributed by atoms with E-state index in [-0.39, 0.29) is 5.91 Å². The van der Waals surface area contributed by atoms with Gasteiger partial charge >= 0.3 is 0 Å². The fourth-order valence-electron chi connectivity index (χ4n) is 2.29. The number of nitrogens with one attached hydrogen (secondary N) is 1. The summed E-state index contributed by atoms with van der Waals surface area (Å²) in [4.78, 5) is 11.3. The van der Waals surface area contributed by atoms with Crippen LogP contribution in [0.3, 0.4) is 0 Å². The second-order valence-electron chi connectivity index (χ2n) is 5.79. The van der Waals surface area contributed by atoms with Gasteiger partial charge in [0, 0.05) is 12.1 Å². The number of hydrogen-bond donors (Lipinski definition) is 2. The second kappa shape index (κ2) is 9.54. The summed E-state index contributed by atoms with van der Waals surface area (Å²) in [5, 5.41) is 3.39. The molecule has 0 atom stereocenters. The number of benzene rings is 1. The zero-order valence-electron chi connectivity index (χ0n) is 12.8. The Balaban J connectivity index is 2.14. The smallest absolute Gasteiger partial charge is 0.249 e. The molecule has 112 valence electrons. The molecule has 0 heterocycles. The Hall–Kier alpha value is -1.35. The minimum Gasteiger partial charge on any atom is -0.366 e. The van der Waals surface area contributed by atoms with Gasteiger partial charge in [0.1, 0.15) is 0 Å². The molecule has 0 aliphatic rings. The topological polar surface area (TPSA) is 55.1 Å². The summed E-state index contributed by atoms with van der Waals surface area (Å²) >= 11 is 0. The molecule has 0 fully saturated rings. The van der Waals surface area contributed by atoms with Gasteiger partial charge in [0.2, 0.25) is 5.91 Å². The van der Waals surface area contributed by atoms with Gasteiger partial charge in [-0.15, -0.1) is 0 Å². The van der Waals surface area contributed by atoms with E-state index in [0.29, 0.717) is 12.1 Å². The monoisotopic (exact) mass is 276 g/mol. The van der Waals surface area contributed by atoms with E-state index in [9.17, 15) is 4.79 Å². The molecule has 1 amide bonds. The molecule has 0 aliphatic heterocycles. The number of rotatable bonds is 10. The first kappa shape index (κ1) is 16.7. The van der Waals surface area contributed by atoms with Gasteiger partial charge in [0.15, 0.2) is 0 Å². The molecule has 3 heteroatoms. The number of nitrogens with two attached hydrogens (primary N) is 1. The van der Waals surface area contributed by atoms with Crippen molar-refractivity contribution in [3.05, 3.63) is 35.4 Å². The standard InChI is InChI=1S/C17H28N2O/c1-14(2)9-5-3-4-8-12-19-13-15-10-6-7-11-16(15)17(18)20/h6-7,10-11,14,19H,3-5,8-9,12-13H2,1-2H3,(H2,18,20). The van der Waals surface area contributed by atoms with E-state index in [2.05, 4.69) is 19.2 Å². The quantitative estimate of drug-likeness (QED) is 0.643. The van der Waals surface area contributed by atoms with Gasteiger partial charge in [-0.25, -0.2) is 0 Å². The molecule has 0 bridgehead atoms. The maximum atomic E-state index is 11.3. The Labute approximate surface area is 122 Å². The van der Waals surface area contributed by atoms with Crippen LogP contribution in [-0.2, 0) is 6.54 Å². The average molecular weight is 276 g/mol. The Morgan fingerprint density at radius 3 is 2.55 bits per heavy atom. The van der Waals surface area contributed by atoms with Gasteiger partial charge in [0.25, 0.3) is 0 Å². The highest BCUT2D eigenvalue weighted by atomic mass is 16.1. The van der Waals surface area contributed by atoms with Crippen molar-refractivity contribution < 1.29 is 4.79 Å². The largest absolute Gasteiger partial charge is 0.366 e. The van der Waals surface area contributed by atoms with Crippen molar-refractivity contribution in [1.82, 2.24) is 5.32 Å². The van der Waals surface area contributed by atoms with E-state index >= 15 is 0 Å². The molecule has 0 aliphatic carbocycles. The van der Waals surface area contributed by atoms with Gasteiger partial charge in [-0.2, -0.15) is 0 Å². The molecule has 0 saturated carbocycles. The fraction of sp³-hybridized carbons (Fsp3) is 0.588. The summed E-state index contributed by atoms with van der Waals surface area (Å²) < 4.78 is 0. The molecule has 3 nitrogen and oxygen atoms in total. The SMILES string of the molecule is CC(C)CCCCCCNCc1ccccc1C(N)=O. The van der Waals surface area contributed by atoms with Crippen molar-refractivity contribution in [1.29, 1.82) is 0 Å². The molecule has 0 unspecified atom stereocenters. The van der Waals surface area contributed by atoms with Crippen LogP contribution in [0.1, 0.15) is 61.9 Å². The molecular formula is C17H28N2O. The van der Waals surface area contributed by atoms with Crippen LogP contribution in [0.5, 0.6) is 0 Å². The van der Waals surface area contributed by atoms with Crippen LogP contribution in [0.2, 0.25) is 0 Å². The van der Waals surface area contributed by atoms with Crippen molar-refractivity contribution in [2.24, 2.45) is 11.7 Å². The lowest BCUT2D eigenvalue weighted by molar-refractivity contribution is 0.0999. The number of amides is 1. The van der Waals surface area contributed by atoms with Crippen LogP contribution in [0.4, 0.5) is 0 Å². The van der Waals surface area contributed by atoms with Crippen LogP contribution in [0.15, 0.2) is 24.3 Å². The Morgan fingerprint density at radius 1 is 1.15 bits per heavy atom. The van der Waals surface area contributed by atoms with Gasteiger partial charge in [-0.1, -0.05) is 57.7 Å². The molecule has 3 N–H and O–H groups in total.